The van der Waals surface area contributed by atoms with E-state index in [1.807, 2.05) is 0 Å². The number of hydrogen-bond acceptors (Lipinski definition) is 7. The maximum Gasteiger partial charge on any atom is 0.246 e. The van der Waals surface area contributed by atoms with E-state index in [2.05, 4.69) is 14.9 Å². The van der Waals surface area contributed by atoms with Crippen molar-refractivity contribution in [3.05, 3.63) is 16.8 Å². The number of thiophene rings is 1. The van der Waals surface area contributed by atoms with E-state index in [1.54, 1.807) is 17.7 Å². The van der Waals surface area contributed by atoms with Crippen molar-refractivity contribution in [2.75, 3.05) is 13.1 Å². The van der Waals surface area contributed by atoms with Crippen molar-refractivity contribution < 1.29 is 14.6 Å². The lowest BCUT2D eigenvalue weighted by Gasteiger charge is -2.34. The molecule has 2 aromatic heterocycles. The minimum atomic E-state index is -1.12. The second kappa shape index (κ2) is 8.40. The van der Waals surface area contributed by atoms with Crippen LogP contribution in [-0.4, -0.2) is 57.2 Å². The fourth-order valence-electron chi connectivity index (χ4n) is 5.54. The predicted molar refractivity (Wildman–Crippen MR) is 116 cm³/mol. The molecular formula is C22H30N4O3S. The topological polar surface area (TPSA) is 102 Å². The van der Waals surface area contributed by atoms with Crippen molar-refractivity contribution in [2.24, 2.45) is 5.73 Å². The van der Waals surface area contributed by atoms with Crippen LogP contribution in [0.4, 0.5) is 0 Å². The molecule has 1 saturated carbocycles. The van der Waals surface area contributed by atoms with Crippen molar-refractivity contribution in [3.63, 3.8) is 0 Å². The lowest BCUT2D eigenvalue weighted by Crippen LogP contribution is -2.38. The molecule has 30 heavy (non-hydrogen) atoms. The number of likely N-dealkylation sites (tertiary alicyclic amines) is 1. The highest BCUT2D eigenvalue weighted by molar-refractivity contribution is 7.19. The van der Waals surface area contributed by atoms with Gasteiger partial charge in [-0.15, -0.1) is 11.3 Å². The average Bonchev–Trinajstić information content (AvgIpc) is 3.46. The van der Waals surface area contributed by atoms with Crippen LogP contribution >= 0.6 is 11.3 Å². The third-order valence-corrected chi connectivity index (χ3v) is 8.28. The lowest BCUT2D eigenvalue weighted by atomic mass is 9.92. The molecule has 5 rings (SSSR count). The van der Waals surface area contributed by atoms with Crippen molar-refractivity contribution in [1.29, 1.82) is 0 Å². The van der Waals surface area contributed by atoms with Gasteiger partial charge in [0, 0.05) is 10.9 Å². The Kier molecular flexibility index (Phi) is 5.64. The Morgan fingerprint density at radius 1 is 1.23 bits per heavy atom. The van der Waals surface area contributed by atoms with Gasteiger partial charge in [0.05, 0.1) is 5.39 Å². The Bertz CT molecular complexity index is 918. The van der Waals surface area contributed by atoms with Crippen molar-refractivity contribution in [3.8, 4) is 5.88 Å². The molecule has 0 aromatic carbocycles. The first-order valence-electron chi connectivity index (χ1n) is 11.2. The summed E-state index contributed by atoms with van der Waals surface area (Å²) >= 11 is 1.68. The molecule has 7 nitrogen and oxygen atoms in total. The number of nitrogens with two attached hydrogens (primary N) is 1. The first kappa shape index (κ1) is 20.2. The van der Waals surface area contributed by atoms with E-state index in [9.17, 15) is 9.90 Å². The Morgan fingerprint density at radius 3 is 2.73 bits per heavy atom. The standard InChI is InChI=1S/C22H30N4O3S/c23-20(28)16(27)11-13-3-8-17-18(13)19-21(24-12-25-22(19)30-17)29-15-6-4-14(5-7-15)26-9-1-2-10-26/h12-16,27H,1-11H2,(H2,23,28). The average molecular weight is 431 g/mol. The Balaban J connectivity index is 1.34. The molecule has 2 fully saturated rings. The fourth-order valence-corrected chi connectivity index (χ4v) is 6.78. The molecule has 3 N–H and O–H groups in total. The molecule has 2 atom stereocenters. The van der Waals surface area contributed by atoms with Crippen molar-refractivity contribution in [2.45, 2.75) is 82.0 Å². The van der Waals surface area contributed by atoms with Crippen LogP contribution in [0.5, 0.6) is 5.88 Å². The summed E-state index contributed by atoms with van der Waals surface area (Å²) in [5.41, 5.74) is 6.46. The van der Waals surface area contributed by atoms with Crippen molar-refractivity contribution in [1.82, 2.24) is 14.9 Å². The molecular weight excluding hydrogens is 400 g/mol. The minimum absolute atomic E-state index is 0.0931. The number of ether oxygens (including phenoxy) is 1. The van der Waals surface area contributed by atoms with Crippen LogP contribution in [0.2, 0.25) is 0 Å². The van der Waals surface area contributed by atoms with Crippen LogP contribution in [0.1, 0.15) is 67.7 Å². The van der Waals surface area contributed by atoms with Gasteiger partial charge >= 0.3 is 0 Å². The number of primary amides is 1. The lowest BCUT2D eigenvalue weighted by molar-refractivity contribution is -0.126. The highest BCUT2D eigenvalue weighted by atomic mass is 32.1. The number of rotatable bonds is 6. The summed E-state index contributed by atoms with van der Waals surface area (Å²) in [5.74, 6) is 0.101. The predicted octanol–water partition coefficient (Wildman–Crippen LogP) is 2.74. The van der Waals surface area contributed by atoms with Crippen LogP contribution in [0.3, 0.4) is 0 Å². The van der Waals surface area contributed by atoms with E-state index in [0.717, 1.165) is 41.5 Å². The number of fused-ring (bicyclic) bond motifs is 3. The maximum absolute atomic E-state index is 11.4. The number of aliphatic hydroxyl groups is 1. The van der Waals surface area contributed by atoms with Gasteiger partial charge in [-0.25, -0.2) is 9.97 Å². The van der Waals surface area contributed by atoms with E-state index in [0.29, 0.717) is 18.3 Å². The number of aromatic nitrogens is 2. The number of amides is 1. The number of nitrogens with zero attached hydrogens (tertiary/aromatic N) is 3. The summed E-state index contributed by atoms with van der Waals surface area (Å²) in [5, 5.41) is 11.0. The SMILES string of the molecule is NC(=O)C(O)CC1CCc2sc3ncnc(OC4CCC(N5CCCC5)CC4)c3c21. The molecule has 1 aliphatic heterocycles. The van der Waals surface area contributed by atoms with Crippen LogP contribution in [-0.2, 0) is 11.2 Å². The molecule has 3 aliphatic rings. The second-order valence-corrected chi connectivity index (χ2v) is 10.1. The summed E-state index contributed by atoms with van der Waals surface area (Å²) in [4.78, 5) is 25.2. The highest BCUT2D eigenvalue weighted by Gasteiger charge is 2.34. The third-order valence-electron chi connectivity index (χ3n) is 7.11. The van der Waals surface area contributed by atoms with E-state index in [-0.39, 0.29) is 12.0 Å². The molecule has 2 unspecified atom stereocenters. The minimum Gasteiger partial charge on any atom is -0.474 e. The van der Waals surface area contributed by atoms with Gasteiger partial charge in [0.2, 0.25) is 11.8 Å². The second-order valence-electron chi connectivity index (χ2n) is 8.98. The first-order valence-corrected chi connectivity index (χ1v) is 12.1. The smallest absolute Gasteiger partial charge is 0.246 e. The molecule has 2 aliphatic carbocycles. The molecule has 162 valence electrons. The molecule has 2 aromatic rings. The normalized spacial score (nSPS) is 28.0. The maximum atomic E-state index is 11.4. The Labute approximate surface area is 180 Å². The number of carbonyl (C=O) groups is 1. The summed E-state index contributed by atoms with van der Waals surface area (Å²) in [7, 11) is 0. The fraction of sp³-hybridized carbons (Fsp3) is 0.682. The van der Waals surface area contributed by atoms with E-state index < -0.39 is 12.0 Å². The van der Waals surface area contributed by atoms with Crippen molar-refractivity contribution >= 4 is 27.5 Å². The van der Waals surface area contributed by atoms with Gasteiger partial charge in [-0.3, -0.25) is 4.79 Å². The van der Waals surface area contributed by atoms with E-state index in [4.69, 9.17) is 10.5 Å². The summed E-state index contributed by atoms with van der Waals surface area (Å²) in [6.45, 7) is 2.50. The first-order chi connectivity index (χ1) is 14.6. The summed E-state index contributed by atoms with van der Waals surface area (Å²) < 4.78 is 6.45. The zero-order valence-corrected chi connectivity index (χ0v) is 18.1. The molecule has 0 radical (unpaired) electrons. The molecule has 3 heterocycles. The number of aryl methyl sites for hydroxylation is 1. The summed E-state index contributed by atoms with van der Waals surface area (Å²) in [6.07, 6.45) is 10.0. The van der Waals surface area contributed by atoms with E-state index in [1.165, 1.54) is 43.6 Å². The molecule has 0 bridgehead atoms. The van der Waals surface area contributed by atoms with Gasteiger partial charge in [-0.05, 0) is 82.4 Å². The van der Waals surface area contributed by atoms with Gasteiger partial charge in [-0.2, -0.15) is 0 Å². The van der Waals surface area contributed by atoms with Crippen LogP contribution in [0.15, 0.2) is 6.33 Å². The molecule has 1 saturated heterocycles. The van der Waals surface area contributed by atoms with Crippen LogP contribution in [0, 0.1) is 0 Å². The van der Waals surface area contributed by atoms with Gasteiger partial charge in [-0.1, -0.05) is 0 Å². The molecule has 8 heteroatoms. The van der Waals surface area contributed by atoms with Gasteiger partial charge in [0.15, 0.2) is 0 Å². The number of hydrogen-bond donors (Lipinski definition) is 2. The summed E-state index contributed by atoms with van der Waals surface area (Å²) in [6, 6.07) is 0.711. The Morgan fingerprint density at radius 2 is 2.00 bits per heavy atom. The van der Waals surface area contributed by atoms with Crippen LogP contribution < -0.4 is 10.5 Å². The van der Waals surface area contributed by atoms with E-state index >= 15 is 0 Å². The third kappa shape index (κ3) is 3.81. The van der Waals surface area contributed by atoms with Gasteiger partial charge in [0.1, 0.15) is 23.4 Å². The number of aliphatic hydroxyl groups excluding tert-OH is 1. The molecule has 1 amide bonds. The highest BCUT2D eigenvalue weighted by Crippen LogP contribution is 2.47. The number of carbonyl (C=O) groups excluding carboxylic acids is 1. The zero-order valence-electron chi connectivity index (χ0n) is 17.3. The Hall–Kier alpha value is -1.77. The zero-order chi connectivity index (χ0) is 20.7. The molecule has 0 spiro atoms. The monoisotopic (exact) mass is 430 g/mol. The quantitative estimate of drug-likeness (QED) is 0.731. The van der Waals surface area contributed by atoms with Crippen LogP contribution in [0.25, 0.3) is 10.2 Å². The largest absolute Gasteiger partial charge is 0.474 e. The van der Waals surface area contributed by atoms with Gasteiger partial charge < -0.3 is 20.5 Å². The van der Waals surface area contributed by atoms with Gasteiger partial charge in [0.25, 0.3) is 0 Å².